The van der Waals surface area contributed by atoms with E-state index in [4.69, 9.17) is 0 Å². The summed E-state index contributed by atoms with van der Waals surface area (Å²) in [5, 5.41) is 3.27. The Morgan fingerprint density at radius 2 is 1.39 bits per heavy atom. The van der Waals surface area contributed by atoms with Gasteiger partial charge >= 0.3 is 0 Å². The van der Waals surface area contributed by atoms with Crippen molar-refractivity contribution in [2.45, 2.75) is 74.1 Å². The van der Waals surface area contributed by atoms with E-state index in [1.807, 2.05) is 7.05 Å². The van der Waals surface area contributed by atoms with Gasteiger partial charge in [-0.25, -0.2) is 0 Å². The molecule has 5 unspecified atom stereocenters. The lowest BCUT2D eigenvalue weighted by atomic mass is 9.84. The second kappa shape index (κ2) is 12.8. The minimum absolute atomic E-state index is 0.702. The van der Waals surface area contributed by atoms with Crippen LogP contribution in [0.1, 0.15) is 74.1 Å². The lowest BCUT2D eigenvalue weighted by Gasteiger charge is -2.21. The van der Waals surface area contributed by atoms with E-state index in [1.165, 1.54) is 31.3 Å². The number of hydrogen-bond donors (Lipinski definition) is 1. The SMILES string of the molecule is CC=C(C)C(C)C(C)CCC(C)/C=C\C(C)CCC(C)CNC. The molecule has 0 saturated carbocycles. The molecule has 136 valence electrons. The molecule has 23 heavy (non-hydrogen) atoms. The summed E-state index contributed by atoms with van der Waals surface area (Å²) in [4.78, 5) is 0. The van der Waals surface area contributed by atoms with Crippen molar-refractivity contribution in [1.29, 1.82) is 0 Å². The lowest BCUT2D eigenvalue weighted by molar-refractivity contribution is 0.381. The van der Waals surface area contributed by atoms with Crippen LogP contribution in [0.5, 0.6) is 0 Å². The van der Waals surface area contributed by atoms with Crippen LogP contribution in [-0.4, -0.2) is 13.6 Å². The second-order valence-corrected chi connectivity index (χ2v) is 7.96. The fourth-order valence-electron chi connectivity index (χ4n) is 3.06. The van der Waals surface area contributed by atoms with Crippen molar-refractivity contribution in [2.75, 3.05) is 13.6 Å². The zero-order chi connectivity index (χ0) is 17.8. The van der Waals surface area contributed by atoms with E-state index in [2.05, 4.69) is 72.0 Å². The van der Waals surface area contributed by atoms with Crippen LogP contribution in [-0.2, 0) is 0 Å². The van der Waals surface area contributed by atoms with Gasteiger partial charge in [-0.3, -0.25) is 0 Å². The van der Waals surface area contributed by atoms with E-state index < -0.39 is 0 Å². The Labute approximate surface area is 147 Å². The minimum atomic E-state index is 0.702. The summed E-state index contributed by atoms with van der Waals surface area (Å²) in [6.45, 7) is 17.4. The Kier molecular flexibility index (Phi) is 12.5. The van der Waals surface area contributed by atoms with Gasteiger partial charge in [0.25, 0.3) is 0 Å². The highest BCUT2D eigenvalue weighted by atomic mass is 14.8. The first-order chi connectivity index (χ1) is 10.8. The highest BCUT2D eigenvalue weighted by Crippen LogP contribution is 2.26. The molecular weight excluding hydrogens is 278 g/mol. The van der Waals surface area contributed by atoms with Crippen molar-refractivity contribution in [3.63, 3.8) is 0 Å². The molecule has 0 spiro atoms. The van der Waals surface area contributed by atoms with Gasteiger partial charge in [0, 0.05) is 0 Å². The standard InChI is InChI=1S/C22H43N/c1-9-20(5)22(7)21(6)15-14-18(3)11-10-17(2)12-13-19(4)16-23-8/h9-11,17-19,21-23H,12-16H2,1-8H3/b11-10-,20-9?. The average Bonchev–Trinajstić information content (AvgIpc) is 2.54. The third kappa shape index (κ3) is 10.8. The van der Waals surface area contributed by atoms with Crippen LogP contribution >= 0.6 is 0 Å². The van der Waals surface area contributed by atoms with Crippen LogP contribution in [0.15, 0.2) is 23.8 Å². The number of rotatable bonds is 12. The van der Waals surface area contributed by atoms with Crippen LogP contribution < -0.4 is 5.32 Å². The molecule has 1 nitrogen and oxygen atoms in total. The fourth-order valence-corrected chi connectivity index (χ4v) is 3.06. The smallest absolute Gasteiger partial charge is 0.00262 e. The fraction of sp³-hybridized carbons (Fsp3) is 0.818. The first-order valence-corrected chi connectivity index (χ1v) is 9.77. The first-order valence-electron chi connectivity index (χ1n) is 9.77. The maximum atomic E-state index is 3.27. The Balaban J connectivity index is 4.06. The van der Waals surface area contributed by atoms with Crippen molar-refractivity contribution in [1.82, 2.24) is 5.32 Å². The lowest BCUT2D eigenvalue weighted by Crippen LogP contribution is -2.16. The van der Waals surface area contributed by atoms with Gasteiger partial charge in [-0.15, -0.1) is 0 Å². The van der Waals surface area contributed by atoms with E-state index in [1.54, 1.807) is 0 Å². The Bertz CT molecular complexity index is 342. The molecule has 0 saturated heterocycles. The Morgan fingerprint density at radius 3 is 1.87 bits per heavy atom. The summed E-state index contributed by atoms with van der Waals surface area (Å²) < 4.78 is 0. The van der Waals surface area contributed by atoms with Crippen LogP contribution in [0.2, 0.25) is 0 Å². The largest absolute Gasteiger partial charge is 0.319 e. The van der Waals surface area contributed by atoms with Crippen molar-refractivity contribution in [2.24, 2.45) is 29.6 Å². The van der Waals surface area contributed by atoms with Crippen LogP contribution in [0, 0.1) is 29.6 Å². The maximum absolute atomic E-state index is 3.27. The van der Waals surface area contributed by atoms with Crippen LogP contribution in [0.3, 0.4) is 0 Å². The predicted molar refractivity (Wildman–Crippen MR) is 107 cm³/mol. The Hall–Kier alpha value is -0.560. The quantitative estimate of drug-likeness (QED) is 0.406. The van der Waals surface area contributed by atoms with E-state index >= 15 is 0 Å². The van der Waals surface area contributed by atoms with Crippen molar-refractivity contribution in [3.05, 3.63) is 23.8 Å². The molecule has 0 bridgehead atoms. The van der Waals surface area contributed by atoms with Gasteiger partial charge in [-0.05, 0) is 82.7 Å². The van der Waals surface area contributed by atoms with E-state index in [9.17, 15) is 0 Å². The predicted octanol–water partition coefficient (Wildman–Crippen LogP) is 6.47. The topological polar surface area (TPSA) is 12.0 Å². The molecule has 0 radical (unpaired) electrons. The zero-order valence-electron chi connectivity index (χ0n) is 17.2. The van der Waals surface area contributed by atoms with Crippen molar-refractivity contribution >= 4 is 0 Å². The molecule has 0 aromatic rings. The van der Waals surface area contributed by atoms with Gasteiger partial charge in [0.15, 0.2) is 0 Å². The molecule has 0 fully saturated rings. The molecule has 0 rings (SSSR count). The van der Waals surface area contributed by atoms with E-state index in [-0.39, 0.29) is 0 Å². The van der Waals surface area contributed by atoms with Gasteiger partial charge in [-0.1, -0.05) is 58.4 Å². The maximum Gasteiger partial charge on any atom is -0.00262 e. The molecule has 0 heterocycles. The monoisotopic (exact) mass is 321 g/mol. The number of hydrogen-bond acceptors (Lipinski definition) is 1. The molecule has 0 aromatic carbocycles. The molecule has 1 N–H and O–H groups in total. The molecule has 0 aliphatic rings. The van der Waals surface area contributed by atoms with E-state index in [0.717, 1.165) is 18.4 Å². The summed E-state index contributed by atoms with van der Waals surface area (Å²) in [5.74, 6) is 3.68. The minimum Gasteiger partial charge on any atom is -0.319 e. The molecule has 0 amide bonds. The summed E-state index contributed by atoms with van der Waals surface area (Å²) >= 11 is 0. The normalized spacial score (nSPS) is 19.6. The molecule has 5 atom stereocenters. The second-order valence-electron chi connectivity index (χ2n) is 7.96. The molecule has 0 aliphatic carbocycles. The van der Waals surface area contributed by atoms with Crippen molar-refractivity contribution in [3.8, 4) is 0 Å². The molecule has 1 heteroatoms. The average molecular weight is 322 g/mol. The first kappa shape index (κ1) is 22.4. The zero-order valence-corrected chi connectivity index (χ0v) is 17.2. The van der Waals surface area contributed by atoms with Gasteiger partial charge in [0.2, 0.25) is 0 Å². The van der Waals surface area contributed by atoms with Crippen molar-refractivity contribution < 1.29 is 0 Å². The van der Waals surface area contributed by atoms with Gasteiger partial charge in [-0.2, -0.15) is 0 Å². The Morgan fingerprint density at radius 1 is 0.870 bits per heavy atom. The summed E-state index contributed by atoms with van der Waals surface area (Å²) in [7, 11) is 2.04. The third-order valence-electron chi connectivity index (χ3n) is 5.54. The van der Waals surface area contributed by atoms with Crippen LogP contribution in [0.25, 0.3) is 0 Å². The third-order valence-corrected chi connectivity index (χ3v) is 5.54. The summed E-state index contributed by atoms with van der Waals surface area (Å²) in [5.41, 5.74) is 1.53. The number of nitrogens with one attached hydrogen (secondary N) is 1. The highest BCUT2D eigenvalue weighted by molar-refractivity contribution is 5.01. The molecule has 0 aromatic heterocycles. The molecule has 0 aliphatic heterocycles. The van der Waals surface area contributed by atoms with Gasteiger partial charge in [0.05, 0.1) is 0 Å². The van der Waals surface area contributed by atoms with Gasteiger partial charge < -0.3 is 5.32 Å². The molecular formula is C22H43N. The number of allylic oxidation sites excluding steroid dienone is 4. The van der Waals surface area contributed by atoms with Gasteiger partial charge in [0.1, 0.15) is 0 Å². The van der Waals surface area contributed by atoms with Crippen LogP contribution in [0.4, 0.5) is 0 Å². The summed E-state index contributed by atoms with van der Waals surface area (Å²) in [6, 6.07) is 0. The highest BCUT2D eigenvalue weighted by Gasteiger charge is 2.14. The van der Waals surface area contributed by atoms with E-state index in [0.29, 0.717) is 17.8 Å². The summed E-state index contributed by atoms with van der Waals surface area (Å²) in [6.07, 6.45) is 12.4.